The van der Waals surface area contributed by atoms with Crippen molar-refractivity contribution in [1.82, 2.24) is 14.9 Å². The summed E-state index contributed by atoms with van der Waals surface area (Å²) in [5.41, 5.74) is 0.966. The minimum atomic E-state index is -0.262. The number of amides is 1. The van der Waals surface area contributed by atoms with Crippen LogP contribution in [0.1, 0.15) is 26.7 Å². The molecular weight excluding hydrogens is 300 g/mol. The van der Waals surface area contributed by atoms with Crippen molar-refractivity contribution in [3.63, 3.8) is 0 Å². The number of nitrogens with one attached hydrogen (secondary N) is 1. The molecular formula is C19H24N4O. The molecule has 0 spiro atoms. The largest absolute Gasteiger partial charge is 0.358 e. The van der Waals surface area contributed by atoms with Gasteiger partial charge < -0.3 is 10.2 Å². The lowest BCUT2D eigenvalue weighted by atomic mass is 10.0. The van der Waals surface area contributed by atoms with Crippen LogP contribution in [0.25, 0.3) is 11.4 Å². The highest BCUT2D eigenvalue weighted by Crippen LogP contribution is 2.19. The number of rotatable bonds is 5. The number of hydrogen-bond donors (Lipinski definition) is 1. The van der Waals surface area contributed by atoms with Gasteiger partial charge in [0, 0.05) is 24.8 Å². The van der Waals surface area contributed by atoms with Crippen LogP contribution in [0.3, 0.4) is 0 Å². The van der Waals surface area contributed by atoms with Crippen LogP contribution in [-0.2, 0) is 4.79 Å². The van der Waals surface area contributed by atoms with Gasteiger partial charge in [0.1, 0.15) is 11.9 Å². The zero-order valence-corrected chi connectivity index (χ0v) is 14.3. The molecule has 3 rings (SSSR count). The minimum absolute atomic E-state index is 0.169. The minimum Gasteiger partial charge on any atom is -0.358 e. The maximum Gasteiger partial charge on any atom is 0.245 e. The normalized spacial score (nSPS) is 15.5. The topological polar surface area (TPSA) is 58.1 Å². The van der Waals surface area contributed by atoms with Gasteiger partial charge in [0.25, 0.3) is 0 Å². The fourth-order valence-corrected chi connectivity index (χ4v) is 2.97. The second-order valence-corrected chi connectivity index (χ2v) is 6.53. The van der Waals surface area contributed by atoms with E-state index in [4.69, 9.17) is 0 Å². The molecule has 1 N–H and O–H groups in total. The number of carbonyl (C=O) groups is 1. The zero-order valence-electron chi connectivity index (χ0n) is 14.3. The predicted octanol–water partition coefficient (Wildman–Crippen LogP) is 3.20. The smallest absolute Gasteiger partial charge is 0.245 e. The van der Waals surface area contributed by atoms with Gasteiger partial charge >= 0.3 is 0 Å². The van der Waals surface area contributed by atoms with Gasteiger partial charge in [-0.2, -0.15) is 0 Å². The Hall–Kier alpha value is -2.43. The van der Waals surface area contributed by atoms with E-state index in [1.165, 1.54) is 0 Å². The molecule has 1 atom stereocenters. The summed E-state index contributed by atoms with van der Waals surface area (Å²) >= 11 is 0. The summed E-state index contributed by atoms with van der Waals surface area (Å²) in [6, 6.07) is 11.4. The Morgan fingerprint density at radius 2 is 1.83 bits per heavy atom. The number of benzene rings is 1. The fraction of sp³-hybridized carbons (Fsp3) is 0.421. The molecule has 5 nitrogen and oxygen atoms in total. The maximum atomic E-state index is 12.8. The molecule has 1 aliphatic heterocycles. The molecule has 0 unspecified atom stereocenters. The van der Waals surface area contributed by atoms with Gasteiger partial charge in [-0.1, -0.05) is 44.2 Å². The van der Waals surface area contributed by atoms with E-state index in [1.54, 1.807) is 6.20 Å². The van der Waals surface area contributed by atoms with Gasteiger partial charge in [0.15, 0.2) is 5.82 Å². The van der Waals surface area contributed by atoms with Gasteiger partial charge in [-0.15, -0.1) is 0 Å². The van der Waals surface area contributed by atoms with Crippen molar-refractivity contribution in [1.29, 1.82) is 0 Å². The Bertz CT molecular complexity index is 681. The van der Waals surface area contributed by atoms with Crippen molar-refractivity contribution < 1.29 is 4.79 Å². The first kappa shape index (κ1) is 16.4. The molecule has 0 aliphatic carbocycles. The summed E-state index contributed by atoms with van der Waals surface area (Å²) in [6.45, 7) is 5.85. The Morgan fingerprint density at radius 3 is 2.50 bits per heavy atom. The summed E-state index contributed by atoms with van der Waals surface area (Å²) in [5, 5.41) is 3.32. The second kappa shape index (κ2) is 7.43. The predicted molar refractivity (Wildman–Crippen MR) is 95.5 cm³/mol. The van der Waals surface area contributed by atoms with E-state index in [1.807, 2.05) is 41.3 Å². The third kappa shape index (κ3) is 3.72. The zero-order chi connectivity index (χ0) is 16.9. The first-order chi connectivity index (χ1) is 11.6. The Morgan fingerprint density at radius 1 is 1.12 bits per heavy atom. The highest BCUT2D eigenvalue weighted by atomic mass is 16.2. The molecule has 1 aliphatic rings. The summed E-state index contributed by atoms with van der Waals surface area (Å²) < 4.78 is 0. The van der Waals surface area contributed by atoms with Crippen LogP contribution in [0.2, 0.25) is 0 Å². The lowest BCUT2D eigenvalue weighted by Gasteiger charge is -2.27. The third-order valence-corrected chi connectivity index (χ3v) is 4.34. The van der Waals surface area contributed by atoms with Crippen LogP contribution in [-0.4, -0.2) is 39.9 Å². The van der Waals surface area contributed by atoms with Crippen molar-refractivity contribution in [2.45, 2.75) is 32.7 Å². The quantitative estimate of drug-likeness (QED) is 0.917. The van der Waals surface area contributed by atoms with Crippen molar-refractivity contribution in [3.05, 3.63) is 42.6 Å². The Kier molecular flexibility index (Phi) is 5.08. The van der Waals surface area contributed by atoms with Crippen LogP contribution < -0.4 is 5.32 Å². The number of carbonyl (C=O) groups excluding carboxylic acids is 1. The number of hydrogen-bond acceptors (Lipinski definition) is 4. The fourth-order valence-electron chi connectivity index (χ4n) is 2.97. The van der Waals surface area contributed by atoms with Crippen molar-refractivity contribution in [2.24, 2.45) is 5.92 Å². The van der Waals surface area contributed by atoms with E-state index in [0.717, 1.165) is 31.5 Å². The molecule has 1 aromatic carbocycles. The van der Waals surface area contributed by atoms with E-state index in [-0.39, 0.29) is 17.9 Å². The lowest BCUT2D eigenvalue weighted by molar-refractivity contribution is -0.131. The molecule has 0 bridgehead atoms. The second-order valence-electron chi connectivity index (χ2n) is 6.53. The molecule has 24 heavy (non-hydrogen) atoms. The Balaban J connectivity index is 1.79. The molecule has 2 aromatic rings. The highest BCUT2D eigenvalue weighted by Gasteiger charge is 2.29. The van der Waals surface area contributed by atoms with E-state index < -0.39 is 0 Å². The molecule has 1 amide bonds. The van der Waals surface area contributed by atoms with Crippen molar-refractivity contribution >= 4 is 11.7 Å². The van der Waals surface area contributed by atoms with Gasteiger partial charge in [-0.3, -0.25) is 4.79 Å². The molecule has 5 heteroatoms. The average molecular weight is 324 g/mol. The van der Waals surface area contributed by atoms with Crippen LogP contribution >= 0.6 is 0 Å². The molecule has 2 heterocycles. The molecule has 1 aromatic heterocycles. The molecule has 0 radical (unpaired) electrons. The number of nitrogens with zero attached hydrogens (tertiary/aromatic N) is 3. The monoisotopic (exact) mass is 324 g/mol. The Labute approximate surface area is 143 Å². The molecule has 126 valence electrons. The van der Waals surface area contributed by atoms with Crippen molar-refractivity contribution in [2.75, 3.05) is 18.4 Å². The van der Waals surface area contributed by atoms with Gasteiger partial charge in [-0.25, -0.2) is 9.97 Å². The average Bonchev–Trinajstić information content (AvgIpc) is 3.14. The molecule has 1 saturated heterocycles. The number of aromatic nitrogens is 2. The maximum absolute atomic E-state index is 12.8. The highest BCUT2D eigenvalue weighted by molar-refractivity contribution is 5.85. The first-order valence-corrected chi connectivity index (χ1v) is 8.59. The van der Waals surface area contributed by atoms with Crippen LogP contribution in [0.4, 0.5) is 5.82 Å². The van der Waals surface area contributed by atoms with E-state index >= 15 is 0 Å². The number of likely N-dealkylation sites (tertiary alicyclic amines) is 1. The SMILES string of the molecule is CC(C)[C@H](Nc1ccnc(-c2ccccc2)n1)C(=O)N1CCCC1. The first-order valence-electron chi connectivity index (χ1n) is 8.59. The third-order valence-electron chi connectivity index (χ3n) is 4.34. The van der Waals surface area contributed by atoms with Gasteiger partial charge in [0.05, 0.1) is 0 Å². The summed E-state index contributed by atoms with van der Waals surface area (Å²) in [6.07, 6.45) is 3.93. The standard InChI is InChI=1S/C19H24N4O/c1-14(2)17(19(24)23-12-6-7-13-23)21-16-10-11-20-18(22-16)15-8-4-3-5-9-15/h3-5,8-11,14,17H,6-7,12-13H2,1-2H3,(H,20,21,22)/t17-/m0/s1. The summed E-state index contributed by atoms with van der Waals surface area (Å²) in [5.74, 6) is 1.71. The summed E-state index contributed by atoms with van der Waals surface area (Å²) in [7, 11) is 0. The molecule has 0 saturated carbocycles. The lowest BCUT2D eigenvalue weighted by Crippen LogP contribution is -2.44. The molecule has 1 fully saturated rings. The van der Waals surface area contributed by atoms with Crippen LogP contribution in [0.5, 0.6) is 0 Å². The van der Waals surface area contributed by atoms with E-state index in [9.17, 15) is 4.79 Å². The van der Waals surface area contributed by atoms with Crippen molar-refractivity contribution in [3.8, 4) is 11.4 Å². The van der Waals surface area contributed by atoms with Crippen LogP contribution in [0, 0.1) is 5.92 Å². The van der Waals surface area contributed by atoms with E-state index in [0.29, 0.717) is 11.6 Å². The number of anilines is 1. The summed E-state index contributed by atoms with van der Waals surface area (Å²) in [4.78, 5) is 23.6. The van der Waals surface area contributed by atoms with E-state index in [2.05, 4.69) is 29.1 Å². The van der Waals surface area contributed by atoms with Gasteiger partial charge in [-0.05, 0) is 24.8 Å². The van der Waals surface area contributed by atoms with Gasteiger partial charge in [0.2, 0.25) is 5.91 Å². The van der Waals surface area contributed by atoms with Crippen LogP contribution in [0.15, 0.2) is 42.6 Å².